The summed E-state index contributed by atoms with van der Waals surface area (Å²) in [6, 6.07) is 7.07. The van der Waals surface area contributed by atoms with Gasteiger partial charge in [0.1, 0.15) is 5.56 Å². The molecule has 0 radical (unpaired) electrons. The van der Waals surface area contributed by atoms with Crippen molar-refractivity contribution in [2.24, 2.45) is 0 Å². The molecule has 4 nitrogen and oxygen atoms in total. The number of hydrogen-bond donors (Lipinski definition) is 2. The first-order valence-electron chi connectivity index (χ1n) is 7.79. The lowest BCUT2D eigenvalue weighted by Crippen LogP contribution is -2.35. The Balaban J connectivity index is 2.18. The third-order valence-electron chi connectivity index (χ3n) is 3.72. The molecule has 0 saturated carbocycles. The van der Waals surface area contributed by atoms with E-state index < -0.39 is 40.5 Å². The fraction of sp³-hybridized carbons (Fsp3) is 0.222. The minimum absolute atomic E-state index is 0.298. The van der Waals surface area contributed by atoms with Crippen molar-refractivity contribution >= 4 is 28.9 Å². The van der Waals surface area contributed by atoms with Gasteiger partial charge in [-0.3, -0.25) is 10.1 Å². The molecule has 0 atom stereocenters. The average Bonchev–Trinajstić information content (AvgIpc) is 2.61. The molecule has 0 aromatic heterocycles. The van der Waals surface area contributed by atoms with Gasteiger partial charge in [0.05, 0.1) is 7.11 Å². The van der Waals surface area contributed by atoms with Crippen molar-refractivity contribution in [2.45, 2.75) is 19.8 Å². The van der Waals surface area contributed by atoms with Crippen LogP contribution in [0.3, 0.4) is 0 Å². The normalized spacial score (nSPS) is 10.7. The Hall–Kier alpha value is -2.68. The van der Waals surface area contributed by atoms with Crippen LogP contribution in [0.1, 0.15) is 35.7 Å². The highest BCUT2D eigenvalue weighted by Gasteiger charge is 2.30. The maximum Gasteiger partial charge on any atom is 0.263 e. The van der Waals surface area contributed by atoms with Gasteiger partial charge in [-0.2, -0.15) is 8.78 Å². The van der Waals surface area contributed by atoms with Crippen molar-refractivity contribution in [3.05, 3.63) is 58.7 Å². The summed E-state index contributed by atoms with van der Waals surface area (Å²) in [5, 5.41) is 4.33. The predicted molar refractivity (Wildman–Crippen MR) is 97.0 cm³/mol. The lowest BCUT2D eigenvalue weighted by molar-refractivity contribution is 0.0966. The minimum atomic E-state index is -1.88. The first-order chi connectivity index (χ1) is 12.7. The number of halogens is 4. The summed E-state index contributed by atoms with van der Waals surface area (Å²) in [5.41, 5.74) is 0.145. The maximum atomic E-state index is 14.0. The largest absolute Gasteiger partial charge is 0.491 e. The summed E-state index contributed by atoms with van der Waals surface area (Å²) in [6.45, 7) is 4.03. The standard InChI is InChI=1S/C18H16F4N2O2S/c1-8(2)9-4-6-10(7-5-9)23-18(27)24-17(25)11-12(19)14(21)16(26-3)15(22)13(11)20/h4-8H,1-3H3,(H2,23,24,25,27). The van der Waals surface area contributed by atoms with Crippen LogP contribution in [0.15, 0.2) is 24.3 Å². The number of thiocarbonyl (C=S) groups is 1. The molecule has 2 aromatic rings. The van der Waals surface area contributed by atoms with Crippen LogP contribution in [0, 0.1) is 23.3 Å². The summed E-state index contributed by atoms with van der Waals surface area (Å²) in [7, 11) is 0.837. The van der Waals surface area contributed by atoms with Crippen molar-refractivity contribution in [2.75, 3.05) is 12.4 Å². The highest BCUT2D eigenvalue weighted by molar-refractivity contribution is 7.80. The second kappa shape index (κ2) is 8.34. The molecule has 144 valence electrons. The molecule has 0 heterocycles. The Bertz CT molecular complexity index is 857. The van der Waals surface area contributed by atoms with Crippen LogP contribution in [-0.2, 0) is 0 Å². The fourth-order valence-electron chi connectivity index (χ4n) is 2.27. The second-order valence-electron chi connectivity index (χ2n) is 5.85. The van der Waals surface area contributed by atoms with Gasteiger partial charge < -0.3 is 10.1 Å². The monoisotopic (exact) mass is 400 g/mol. The van der Waals surface area contributed by atoms with Gasteiger partial charge in [0.15, 0.2) is 22.5 Å². The van der Waals surface area contributed by atoms with Gasteiger partial charge in [-0.25, -0.2) is 8.78 Å². The fourth-order valence-corrected chi connectivity index (χ4v) is 2.48. The molecule has 0 saturated heterocycles. The van der Waals surface area contributed by atoms with Crippen LogP contribution < -0.4 is 15.4 Å². The smallest absolute Gasteiger partial charge is 0.263 e. The van der Waals surface area contributed by atoms with E-state index in [0.29, 0.717) is 11.6 Å². The lowest BCUT2D eigenvalue weighted by Gasteiger charge is -2.13. The summed E-state index contributed by atoms with van der Waals surface area (Å²) in [6.07, 6.45) is 0. The summed E-state index contributed by atoms with van der Waals surface area (Å²) in [4.78, 5) is 12.0. The summed E-state index contributed by atoms with van der Waals surface area (Å²) >= 11 is 4.90. The third-order valence-corrected chi connectivity index (χ3v) is 3.92. The van der Waals surface area contributed by atoms with Crippen LogP contribution in [0.2, 0.25) is 0 Å². The maximum absolute atomic E-state index is 14.0. The van der Waals surface area contributed by atoms with E-state index in [-0.39, 0.29) is 5.11 Å². The number of benzene rings is 2. The quantitative estimate of drug-likeness (QED) is 0.451. The van der Waals surface area contributed by atoms with Crippen molar-refractivity contribution in [3.63, 3.8) is 0 Å². The highest BCUT2D eigenvalue weighted by Crippen LogP contribution is 2.29. The van der Waals surface area contributed by atoms with E-state index in [9.17, 15) is 22.4 Å². The van der Waals surface area contributed by atoms with Crippen molar-refractivity contribution < 1.29 is 27.1 Å². The second-order valence-corrected chi connectivity index (χ2v) is 6.26. The van der Waals surface area contributed by atoms with Crippen molar-refractivity contribution in [1.82, 2.24) is 5.32 Å². The number of ether oxygens (including phenoxy) is 1. The van der Waals surface area contributed by atoms with Crippen molar-refractivity contribution in [3.8, 4) is 5.75 Å². The molecule has 2 aromatic carbocycles. The van der Waals surface area contributed by atoms with Gasteiger partial charge in [0, 0.05) is 5.69 Å². The van der Waals surface area contributed by atoms with Gasteiger partial charge in [-0.1, -0.05) is 26.0 Å². The Kier molecular flexibility index (Phi) is 6.37. The Morgan fingerprint density at radius 2 is 1.52 bits per heavy atom. The van der Waals surface area contributed by atoms with E-state index in [0.717, 1.165) is 12.7 Å². The molecule has 0 aliphatic carbocycles. The first kappa shape index (κ1) is 20.6. The molecule has 0 spiro atoms. The number of methoxy groups -OCH3 is 1. The molecule has 0 unspecified atom stereocenters. The zero-order chi connectivity index (χ0) is 20.3. The number of hydrogen-bond acceptors (Lipinski definition) is 3. The van der Waals surface area contributed by atoms with Gasteiger partial charge >= 0.3 is 0 Å². The Morgan fingerprint density at radius 1 is 1.00 bits per heavy atom. The average molecular weight is 400 g/mol. The molecule has 0 fully saturated rings. The number of nitrogens with one attached hydrogen (secondary N) is 2. The van der Waals surface area contributed by atoms with Crippen LogP contribution in [0.5, 0.6) is 5.75 Å². The molecule has 9 heteroatoms. The summed E-state index contributed by atoms with van der Waals surface area (Å²) in [5.74, 6) is -9.78. The van der Waals surface area contributed by atoms with E-state index in [1.54, 1.807) is 12.1 Å². The van der Waals surface area contributed by atoms with Crippen LogP contribution in [0.4, 0.5) is 23.2 Å². The van der Waals surface area contributed by atoms with Gasteiger partial charge in [0.25, 0.3) is 5.91 Å². The molecule has 1 amide bonds. The summed E-state index contributed by atoms with van der Waals surface area (Å²) < 4.78 is 59.6. The number of anilines is 1. The molecular formula is C18H16F4N2O2S. The molecule has 2 N–H and O–H groups in total. The van der Waals surface area contributed by atoms with Gasteiger partial charge in [0.2, 0.25) is 11.6 Å². The van der Waals surface area contributed by atoms with Crippen LogP contribution in [-0.4, -0.2) is 18.1 Å². The van der Waals surface area contributed by atoms with Gasteiger partial charge in [-0.15, -0.1) is 0 Å². The van der Waals surface area contributed by atoms with E-state index in [1.165, 1.54) is 0 Å². The number of amides is 1. The number of rotatable bonds is 4. The molecule has 27 heavy (non-hydrogen) atoms. The Labute approximate surface area is 158 Å². The van der Waals surface area contributed by atoms with E-state index >= 15 is 0 Å². The van der Waals surface area contributed by atoms with E-state index in [2.05, 4.69) is 10.1 Å². The third kappa shape index (κ3) is 4.36. The number of carbonyl (C=O) groups excluding carboxylic acids is 1. The molecule has 0 bridgehead atoms. The Morgan fingerprint density at radius 3 is 1.96 bits per heavy atom. The lowest BCUT2D eigenvalue weighted by atomic mass is 10.0. The van der Waals surface area contributed by atoms with E-state index in [1.807, 2.05) is 31.3 Å². The van der Waals surface area contributed by atoms with E-state index in [4.69, 9.17) is 12.2 Å². The minimum Gasteiger partial charge on any atom is -0.491 e. The first-order valence-corrected chi connectivity index (χ1v) is 8.20. The highest BCUT2D eigenvalue weighted by atomic mass is 32.1. The molecule has 2 rings (SSSR count). The predicted octanol–water partition coefficient (Wildman–Crippen LogP) is 4.50. The van der Waals surface area contributed by atoms with Crippen LogP contribution in [0.25, 0.3) is 0 Å². The zero-order valence-corrected chi connectivity index (χ0v) is 15.4. The van der Waals surface area contributed by atoms with Crippen LogP contribution >= 0.6 is 12.2 Å². The molecule has 0 aliphatic rings. The SMILES string of the molecule is COc1c(F)c(F)c(C(=O)NC(=S)Nc2ccc(C(C)C)cc2)c(F)c1F. The topological polar surface area (TPSA) is 50.4 Å². The van der Waals surface area contributed by atoms with Crippen molar-refractivity contribution in [1.29, 1.82) is 0 Å². The van der Waals surface area contributed by atoms with Gasteiger partial charge in [-0.05, 0) is 35.8 Å². The molecule has 0 aliphatic heterocycles. The number of carbonyl (C=O) groups is 1. The zero-order valence-electron chi connectivity index (χ0n) is 14.6. The molecular weight excluding hydrogens is 384 g/mol.